The van der Waals surface area contributed by atoms with Gasteiger partial charge in [-0.1, -0.05) is 24.3 Å². The number of hydrogen-bond acceptors (Lipinski definition) is 2. The summed E-state index contributed by atoms with van der Waals surface area (Å²) < 4.78 is 27.4. The smallest absolute Gasteiger partial charge is 0.195 e. The number of rotatable bonds is 3. The second-order valence-electron chi connectivity index (χ2n) is 5.50. The lowest BCUT2D eigenvalue weighted by molar-refractivity contribution is 0.371. The van der Waals surface area contributed by atoms with Crippen LogP contribution in [0.15, 0.2) is 24.3 Å². The maximum absolute atomic E-state index is 12.3. The SMILES string of the molecule is Cc1ccccc1C1CC(C)N(S(=O)(=O)N(C)C)C1. The van der Waals surface area contributed by atoms with Crippen LogP contribution in [0.3, 0.4) is 0 Å². The summed E-state index contributed by atoms with van der Waals surface area (Å²) in [6, 6.07) is 8.29. The van der Waals surface area contributed by atoms with Crippen LogP contribution in [0.2, 0.25) is 0 Å². The van der Waals surface area contributed by atoms with E-state index in [9.17, 15) is 8.42 Å². The Morgan fingerprint density at radius 2 is 1.89 bits per heavy atom. The molecule has 2 rings (SSSR count). The molecule has 0 amide bonds. The fourth-order valence-corrected chi connectivity index (χ4v) is 4.13. The maximum Gasteiger partial charge on any atom is 0.281 e. The summed E-state index contributed by atoms with van der Waals surface area (Å²) in [6.07, 6.45) is 0.887. The van der Waals surface area contributed by atoms with Crippen molar-refractivity contribution >= 4 is 10.2 Å². The Balaban J connectivity index is 2.26. The van der Waals surface area contributed by atoms with Gasteiger partial charge in [-0.15, -0.1) is 0 Å². The molecule has 2 unspecified atom stereocenters. The molecule has 1 aromatic rings. The molecule has 0 spiro atoms. The lowest BCUT2D eigenvalue weighted by atomic mass is 9.93. The number of aryl methyl sites for hydroxylation is 1. The first-order valence-electron chi connectivity index (χ1n) is 6.59. The summed E-state index contributed by atoms with van der Waals surface area (Å²) in [5.41, 5.74) is 2.51. The monoisotopic (exact) mass is 282 g/mol. The summed E-state index contributed by atoms with van der Waals surface area (Å²) in [4.78, 5) is 0. The fourth-order valence-electron chi connectivity index (χ4n) is 2.80. The van der Waals surface area contributed by atoms with Gasteiger partial charge < -0.3 is 0 Å². The zero-order chi connectivity index (χ0) is 14.2. The van der Waals surface area contributed by atoms with E-state index in [-0.39, 0.29) is 6.04 Å². The van der Waals surface area contributed by atoms with Gasteiger partial charge in [0.1, 0.15) is 0 Å². The lowest BCUT2D eigenvalue weighted by Gasteiger charge is -2.24. The highest BCUT2D eigenvalue weighted by Crippen LogP contribution is 2.35. The molecule has 2 atom stereocenters. The third kappa shape index (κ3) is 2.68. The molecule has 0 aliphatic carbocycles. The molecular formula is C14H22N2O2S. The first kappa shape index (κ1) is 14.5. The molecule has 1 aromatic carbocycles. The van der Waals surface area contributed by atoms with Crippen LogP contribution >= 0.6 is 0 Å². The largest absolute Gasteiger partial charge is 0.281 e. The van der Waals surface area contributed by atoms with Crippen LogP contribution in [0.1, 0.15) is 30.4 Å². The van der Waals surface area contributed by atoms with E-state index >= 15 is 0 Å². The Morgan fingerprint density at radius 3 is 2.47 bits per heavy atom. The molecule has 5 heteroatoms. The molecule has 4 nitrogen and oxygen atoms in total. The Hall–Kier alpha value is -0.910. The first-order chi connectivity index (χ1) is 8.84. The van der Waals surface area contributed by atoms with Crippen molar-refractivity contribution in [2.75, 3.05) is 20.6 Å². The molecule has 0 saturated carbocycles. The van der Waals surface area contributed by atoms with Crippen molar-refractivity contribution in [3.05, 3.63) is 35.4 Å². The lowest BCUT2D eigenvalue weighted by Crippen LogP contribution is -2.41. The number of benzene rings is 1. The molecule has 1 fully saturated rings. The zero-order valence-electron chi connectivity index (χ0n) is 12.0. The maximum atomic E-state index is 12.3. The summed E-state index contributed by atoms with van der Waals surface area (Å²) in [7, 11) is -0.140. The third-order valence-electron chi connectivity index (χ3n) is 3.90. The molecule has 1 heterocycles. The van der Waals surface area contributed by atoms with Gasteiger partial charge in [0.05, 0.1) is 0 Å². The summed E-state index contributed by atoms with van der Waals surface area (Å²) in [6.45, 7) is 4.65. The summed E-state index contributed by atoms with van der Waals surface area (Å²) in [5, 5.41) is 0. The minimum Gasteiger partial charge on any atom is -0.195 e. The van der Waals surface area contributed by atoms with Gasteiger partial charge >= 0.3 is 0 Å². The average molecular weight is 282 g/mol. The predicted octanol–water partition coefficient (Wildman–Crippen LogP) is 1.98. The number of hydrogen-bond donors (Lipinski definition) is 0. The van der Waals surface area contributed by atoms with Crippen LogP contribution < -0.4 is 0 Å². The second kappa shape index (κ2) is 5.23. The average Bonchev–Trinajstić information content (AvgIpc) is 2.72. The molecule has 19 heavy (non-hydrogen) atoms. The van der Waals surface area contributed by atoms with Gasteiger partial charge in [-0.25, -0.2) is 0 Å². The molecular weight excluding hydrogens is 260 g/mol. The van der Waals surface area contributed by atoms with Crippen molar-refractivity contribution < 1.29 is 8.42 Å². The van der Waals surface area contributed by atoms with Crippen molar-refractivity contribution in [1.82, 2.24) is 8.61 Å². The highest BCUT2D eigenvalue weighted by Gasteiger charge is 2.38. The molecule has 1 saturated heterocycles. The van der Waals surface area contributed by atoms with Crippen LogP contribution in [0.4, 0.5) is 0 Å². The van der Waals surface area contributed by atoms with E-state index in [1.54, 1.807) is 18.4 Å². The predicted molar refractivity (Wildman–Crippen MR) is 77.3 cm³/mol. The molecule has 0 radical (unpaired) electrons. The van der Waals surface area contributed by atoms with Crippen LogP contribution in [0, 0.1) is 6.92 Å². The Morgan fingerprint density at radius 1 is 1.26 bits per heavy atom. The van der Waals surface area contributed by atoms with Crippen LogP contribution in [-0.2, 0) is 10.2 Å². The van der Waals surface area contributed by atoms with Gasteiger partial charge in [0.2, 0.25) is 0 Å². The van der Waals surface area contributed by atoms with Crippen molar-refractivity contribution in [3.63, 3.8) is 0 Å². The molecule has 1 aliphatic heterocycles. The van der Waals surface area contributed by atoms with Crippen LogP contribution in [0.5, 0.6) is 0 Å². The highest BCUT2D eigenvalue weighted by atomic mass is 32.2. The van der Waals surface area contributed by atoms with E-state index in [0.29, 0.717) is 12.5 Å². The standard InChI is InChI=1S/C14H22N2O2S/c1-11-7-5-6-8-14(11)13-9-12(2)16(10-13)19(17,18)15(3)4/h5-8,12-13H,9-10H2,1-4H3. The second-order valence-corrected chi connectivity index (χ2v) is 7.59. The third-order valence-corrected chi connectivity index (χ3v) is 5.93. The van der Waals surface area contributed by atoms with Crippen molar-refractivity contribution in [2.24, 2.45) is 0 Å². The first-order valence-corrected chi connectivity index (χ1v) is 7.98. The minimum atomic E-state index is -3.31. The highest BCUT2D eigenvalue weighted by molar-refractivity contribution is 7.86. The van der Waals surface area contributed by atoms with Crippen LogP contribution in [-0.4, -0.2) is 43.7 Å². The number of nitrogens with zero attached hydrogens (tertiary/aromatic N) is 2. The van der Waals surface area contributed by atoms with Gasteiger partial charge in [-0.05, 0) is 37.3 Å². The van der Waals surface area contributed by atoms with Crippen LogP contribution in [0.25, 0.3) is 0 Å². The van der Waals surface area contributed by atoms with Gasteiger partial charge in [0, 0.05) is 26.7 Å². The minimum absolute atomic E-state index is 0.0528. The summed E-state index contributed by atoms with van der Waals surface area (Å²) >= 11 is 0. The van der Waals surface area contributed by atoms with E-state index in [1.807, 2.05) is 19.1 Å². The van der Waals surface area contributed by atoms with E-state index < -0.39 is 10.2 Å². The fraction of sp³-hybridized carbons (Fsp3) is 0.571. The molecule has 0 aromatic heterocycles. The molecule has 106 valence electrons. The van der Waals surface area contributed by atoms with Gasteiger partial charge in [-0.2, -0.15) is 17.0 Å². The molecule has 1 aliphatic rings. The van der Waals surface area contributed by atoms with Crippen molar-refractivity contribution in [1.29, 1.82) is 0 Å². The quantitative estimate of drug-likeness (QED) is 0.850. The van der Waals surface area contributed by atoms with E-state index in [4.69, 9.17) is 0 Å². The summed E-state index contributed by atoms with van der Waals surface area (Å²) in [5.74, 6) is 0.297. The van der Waals surface area contributed by atoms with E-state index in [0.717, 1.165) is 6.42 Å². The Labute approximate surface area is 116 Å². The van der Waals surface area contributed by atoms with Gasteiger partial charge in [0.15, 0.2) is 0 Å². The molecule has 0 N–H and O–H groups in total. The van der Waals surface area contributed by atoms with Crippen molar-refractivity contribution in [3.8, 4) is 0 Å². The van der Waals surface area contributed by atoms with E-state index in [1.165, 1.54) is 15.4 Å². The van der Waals surface area contributed by atoms with Gasteiger partial charge in [-0.3, -0.25) is 0 Å². The van der Waals surface area contributed by atoms with Crippen molar-refractivity contribution in [2.45, 2.75) is 32.2 Å². The van der Waals surface area contributed by atoms with E-state index in [2.05, 4.69) is 19.1 Å². The van der Waals surface area contributed by atoms with Gasteiger partial charge in [0.25, 0.3) is 10.2 Å². The topological polar surface area (TPSA) is 40.6 Å². The Kier molecular flexibility index (Phi) is 3.99. The zero-order valence-corrected chi connectivity index (χ0v) is 12.8. The Bertz CT molecular complexity index is 554. The molecule has 0 bridgehead atoms. The normalized spacial score (nSPS) is 25.1.